The van der Waals surface area contributed by atoms with Gasteiger partial charge in [0, 0.05) is 22.2 Å². The van der Waals surface area contributed by atoms with Gasteiger partial charge in [-0.1, -0.05) is 0 Å². The zero-order valence-corrected chi connectivity index (χ0v) is 14.3. The third-order valence-corrected chi connectivity index (χ3v) is 3.92. The molecular formula is C16H18IN3O. The lowest BCUT2D eigenvalue weighted by atomic mass is 10.2. The minimum absolute atomic E-state index is 0.121. The van der Waals surface area contributed by atoms with Crippen LogP contribution in [0.15, 0.2) is 42.6 Å². The molecule has 0 aliphatic carbocycles. The molecule has 4 nitrogen and oxygen atoms in total. The van der Waals surface area contributed by atoms with Gasteiger partial charge in [0.05, 0.1) is 11.9 Å². The highest BCUT2D eigenvalue weighted by molar-refractivity contribution is 14.1. The quantitative estimate of drug-likeness (QED) is 0.784. The summed E-state index contributed by atoms with van der Waals surface area (Å²) in [6.45, 7) is 6.02. The zero-order chi connectivity index (χ0) is 15.2. The molecular weight excluding hydrogens is 377 g/mol. The second kappa shape index (κ2) is 7.40. The maximum Gasteiger partial charge on any atom is 0.255 e. The number of amides is 1. The second-order valence-electron chi connectivity index (χ2n) is 4.54. The van der Waals surface area contributed by atoms with Crippen LogP contribution in [0.1, 0.15) is 24.2 Å². The molecule has 21 heavy (non-hydrogen) atoms. The van der Waals surface area contributed by atoms with Crippen LogP contribution in [0, 0.1) is 3.57 Å². The van der Waals surface area contributed by atoms with Crippen LogP contribution in [0.4, 0.5) is 11.5 Å². The summed E-state index contributed by atoms with van der Waals surface area (Å²) in [5.74, 6) is 0.802. The minimum Gasteiger partial charge on any atom is -0.357 e. The SMILES string of the molecule is CCN(CC)c1ccc(NC(=O)c2ccc(I)cc2)cn1. The van der Waals surface area contributed by atoms with Crippen molar-refractivity contribution in [1.29, 1.82) is 0 Å². The second-order valence-corrected chi connectivity index (χ2v) is 5.78. The van der Waals surface area contributed by atoms with Crippen LogP contribution in [0.3, 0.4) is 0 Å². The van der Waals surface area contributed by atoms with Crippen LogP contribution in [0.5, 0.6) is 0 Å². The Kier molecular flexibility index (Phi) is 5.55. The van der Waals surface area contributed by atoms with Crippen LogP contribution in [0.25, 0.3) is 0 Å². The molecule has 0 saturated carbocycles. The Morgan fingerprint density at radius 1 is 1.14 bits per heavy atom. The molecule has 0 aliphatic heterocycles. The van der Waals surface area contributed by atoms with Gasteiger partial charge in [0.2, 0.25) is 0 Å². The molecule has 0 unspecified atom stereocenters. The highest BCUT2D eigenvalue weighted by atomic mass is 127. The average Bonchev–Trinajstić information content (AvgIpc) is 2.51. The van der Waals surface area contributed by atoms with E-state index in [2.05, 4.69) is 51.6 Å². The van der Waals surface area contributed by atoms with Gasteiger partial charge in [-0.2, -0.15) is 0 Å². The van der Waals surface area contributed by atoms with E-state index in [1.807, 2.05) is 36.4 Å². The van der Waals surface area contributed by atoms with Crippen molar-refractivity contribution in [3.05, 3.63) is 51.7 Å². The van der Waals surface area contributed by atoms with E-state index in [1.54, 1.807) is 6.20 Å². The largest absolute Gasteiger partial charge is 0.357 e. The molecule has 5 heteroatoms. The lowest BCUT2D eigenvalue weighted by molar-refractivity contribution is 0.102. The molecule has 2 rings (SSSR count). The van der Waals surface area contributed by atoms with Crippen LogP contribution >= 0.6 is 22.6 Å². The van der Waals surface area contributed by atoms with Gasteiger partial charge in [-0.25, -0.2) is 4.98 Å². The summed E-state index contributed by atoms with van der Waals surface area (Å²) < 4.78 is 1.11. The summed E-state index contributed by atoms with van der Waals surface area (Å²) in [5, 5.41) is 2.86. The first-order valence-corrected chi connectivity index (χ1v) is 7.99. The smallest absolute Gasteiger partial charge is 0.255 e. The fourth-order valence-corrected chi connectivity index (χ4v) is 2.36. The molecule has 2 aromatic rings. The van der Waals surface area contributed by atoms with Crippen molar-refractivity contribution in [1.82, 2.24) is 4.98 Å². The van der Waals surface area contributed by atoms with Gasteiger partial charge in [0.1, 0.15) is 5.82 Å². The number of pyridine rings is 1. The topological polar surface area (TPSA) is 45.2 Å². The number of aromatic nitrogens is 1. The molecule has 0 aliphatic rings. The average molecular weight is 395 g/mol. The number of carbonyl (C=O) groups excluding carboxylic acids is 1. The molecule has 110 valence electrons. The van der Waals surface area contributed by atoms with Gasteiger partial charge in [0.25, 0.3) is 5.91 Å². The number of rotatable bonds is 5. The lowest BCUT2D eigenvalue weighted by Crippen LogP contribution is -2.22. The van der Waals surface area contributed by atoms with Crippen molar-refractivity contribution in [2.24, 2.45) is 0 Å². The maximum absolute atomic E-state index is 12.1. The Balaban J connectivity index is 2.06. The standard InChI is InChI=1S/C16H18IN3O/c1-3-20(4-2)15-10-9-14(11-18-15)19-16(21)12-5-7-13(17)8-6-12/h5-11H,3-4H2,1-2H3,(H,19,21). The van der Waals surface area contributed by atoms with Crippen LogP contribution in [-0.4, -0.2) is 24.0 Å². The first-order valence-electron chi connectivity index (χ1n) is 6.92. The monoisotopic (exact) mass is 395 g/mol. The fourth-order valence-electron chi connectivity index (χ4n) is 2.00. The van der Waals surface area contributed by atoms with Crippen molar-refractivity contribution in [3.8, 4) is 0 Å². The van der Waals surface area contributed by atoms with E-state index in [9.17, 15) is 4.79 Å². The number of hydrogen-bond acceptors (Lipinski definition) is 3. The third kappa shape index (κ3) is 4.17. The first-order chi connectivity index (χ1) is 10.1. The number of halogens is 1. The summed E-state index contributed by atoms with van der Waals surface area (Å²) in [6, 6.07) is 11.3. The Morgan fingerprint density at radius 2 is 1.81 bits per heavy atom. The molecule has 0 saturated heterocycles. The molecule has 1 aromatic heterocycles. The number of anilines is 2. The molecule has 0 atom stereocenters. The summed E-state index contributed by atoms with van der Waals surface area (Å²) in [7, 11) is 0. The highest BCUT2D eigenvalue weighted by Crippen LogP contribution is 2.15. The van der Waals surface area contributed by atoms with Gasteiger partial charge in [-0.3, -0.25) is 4.79 Å². The Hall–Kier alpha value is -1.63. The normalized spacial score (nSPS) is 10.2. The fraction of sp³-hybridized carbons (Fsp3) is 0.250. The van der Waals surface area contributed by atoms with Crippen molar-refractivity contribution in [2.75, 3.05) is 23.3 Å². The predicted octanol–water partition coefficient (Wildman–Crippen LogP) is 3.78. The minimum atomic E-state index is -0.121. The van der Waals surface area contributed by atoms with E-state index >= 15 is 0 Å². The van der Waals surface area contributed by atoms with E-state index in [0.29, 0.717) is 11.3 Å². The van der Waals surface area contributed by atoms with Crippen molar-refractivity contribution in [2.45, 2.75) is 13.8 Å². The number of benzene rings is 1. The molecule has 1 N–H and O–H groups in total. The predicted molar refractivity (Wildman–Crippen MR) is 94.9 cm³/mol. The molecule has 0 spiro atoms. The van der Waals surface area contributed by atoms with Crippen molar-refractivity contribution >= 4 is 40.0 Å². The third-order valence-electron chi connectivity index (χ3n) is 3.20. The van der Waals surface area contributed by atoms with E-state index in [4.69, 9.17) is 0 Å². The molecule has 0 fully saturated rings. The number of nitrogens with one attached hydrogen (secondary N) is 1. The van der Waals surface area contributed by atoms with E-state index in [-0.39, 0.29) is 5.91 Å². The van der Waals surface area contributed by atoms with Gasteiger partial charge in [-0.15, -0.1) is 0 Å². The van der Waals surface area contributed by atoms with Crippen molar-refractivity contribution < 1.29 is 4.79 Å². The molecule has 1 aromatic carbocycles. The summed E-state index contributed by atoms with van der Waals surface area (Å²) in [4.78, 5) is 18.7. The Bertz CT molecular complexity index is 592. The number of hydrogen-bond donors (Lipinski definition) is 1. The van der Waals surface area contributed by atoms with Gasteiger partial charge in [0.15, 0.2) is 0 Å². The summed E-state index contributed by atoms with van der Waals surface area (Å²) in [6.07, 6.45) is 1.69. The van der Waals surface area contributed by atoms with Crippen molar-refractivity contribution in [3.63, 3.8) is 0 Å². The van der Waals surface area contributed by atoms with Crippen LogP contribution < -0.4 is 10.2 Å². The molecule has 1 heterocycles. The number of nitrogens with zero attached hydrogens (tertiary/aromatic N) is 2. The Morgan fingerprint density at radius 3 is 2.33 bits per heavy atom. The lowest BCUT2D eigenvalue weighted by Gasteiger charge is -2.19. The highest BCUT2D eigenvalue weighted by Gasteiger charge is 2.07. The Labute approximate surface area is 138 Å². The number of carbonyl (C=O) groups is 1. The van der Waals surface area contributed by atoms with Crippen LogP contribution in [0.2, 0.25) is 0 Å². The van der Waals surface area contributed by atoms with Gasteiger partial charge < -0.3 is 10.2 Å². The van der Waals surface area contributed by atoms with Gasteiger partial charge >= 0.3 is 0 Å². The summed E-state index contributed by atoms with van der Waals surface area (Å²) in [5.41, 5.74) is 1.35. The van der Waals surface area contributed by atoms with Crippen LogP contribution in [-0.2, 0) is 0 Å². The van der Waals surface area contributed by atoms with E-state index in [0.717, 1.165) is 22.5 Å². The maximum atomic E-state index is 12.1. The summed E-state index contributed by atoms with van der Waals surface area (Å²) >= 11 is 2.21. The van der Waals surface area contributed by atoms with E-state index < -0.39 is 0 Å². The zero-order valence-electron chi connectivity index (χ0n) is 12.1. The molecule has 0 radical (unpaired) electrons. The molecule has 1 amide bonds. The van der Waals surface area contributed by atoms with E-state index in [1.165, 1.54) is 0 Å². The van der Waals surface area contributed by atoms with Gasteiger partial charge in [-0.05, 0) is 72.8 Å². The molecule has 0 bridgehead atoms. The first kappa shape index (κ1) is 15.8.